The molecule has 3 rings (SSSR count). The van der Waals surface area contributed by atoms with Gasteiger partial charge in [-0.1, -0.05) is 19.1 Å². The van der Waals surface area contributed by atoms with Gasteiger partial charge in [0.2, 0.25) is 11.8 Å². The van der Waals surface area contributed by atoms with Gasteiger partial charge in [0.1, 0.15) is 5.75 Å². The minimum absolute atomic E-state index is 0.0259. The Morgan fingerprint density at radius 1 is 1.04 bits per heavy atom. The molecule has 28 heavy (non-hydrogen) atoms. The fraction of sp³-hybridized carbons (Fsp3) is 0.652. The van der Waals surface area contributed by atoms with E-state index in [2.05, 4.69) is 17.1 Å². The van der Waals surface area contributed by atoms with E-state index in [9.17, 15) is 9.59 Å². The third-order valence-corrected chi connectivity index (χ3v) is 6.27. The minimum Gasteiger partial charge on any atom is -0.492 e. The number of rotatable bonds is 6. The molecule has 1 aliphatic heterocycles. The van der Waals surface area contributed by atoms with Gasteiger partial charge in [0.25, 0.3) is 0 Å². The summed E-state index contributed by atoms with van der Waals surface area (Å²) in [5.41, 5.74) is 0.728. The highest BCUT2D eigenvalue weighted by Crippen LogP contribution is 2.33. The molecule has 1 aliphatic carbocycles. The first-order chi connectivity index (χ1) is 13.6. The number of para-hydroxylation sites is 2. The van der Waals surface area contributed by atoms with Crippen LogP contribution in [0.4, 0.5) is 5.69 Å². The summed E-state index contributed by atoms with van der Waals surface area (Å²) in [5.74, 6) is 1.14. The lowest BCUT2D eigenvalue weighted by Crippen LogP contribution is -2.47. The molecule has 0 bridgehead atoms. The lowest BCUT2D eigenvalue weighted by Gasteiger charge is -2.39. The molecule has 2 amide bonds. The van der Waals surface area contributed by atoms with Crippen LogP contribution in [0.5, 0.6) is 5.75 Å². The number of nitrogens with one attached hydrogen (secondary N) is 1. The molecular weight excluding hydrogens is 352 g/mol. The number of likely N-dealkylation sites (tertiary alicyclic amines) is 1. The molecule has 1 aromatic carbocycles. The van der Waals surface area contributed by atoms with Gasteiger partial charge < -0.3 is 15.0 Å². The third-order valence-electron chi connectivity index (χ3n) is 6.27. The van der Waals surface area contributed by atoms with Crippen molar-refractivity contribution in [1.29, 1.82) is 0 Å². The van der Waals surface area contributed by atoms with E-state index in [1.54, 1.807) is 0 Å². The molecule has 0 aromatic heterocycles. The molecule has 1 aromatic rings. The number of hydrogen-bond donors (Lipinski definition) is 1. The molecule has 1 N–H and O–H groups in total. The van der Waals surface area contributed by atoms with Crippen LogP contribution in [-0.2, 0) is 9.59 Å². The molecule has 5 heteroatoms. The van der Waals surface area contributed by atoms with Gasteiger partial charge in [-0.25, -0.2) is 0 Å². The summed E-state index contributed by atoms with van der Waals surface area (Å²) in [7, 11) is 0. The number of hydrogen-bond acceptors (Lipinski definition) is 3. The SMILES string of the molecule is CCOc1ccccc1NC(=O)C1CCC(C(=O)N2CCCCC2CC)CC1. The van der Waals surface area contributed by atoms with Crippen LogP contribution in [0, 0.1) is 11.8 Å². The maximum absolute atomic E-state index is 13.0. The lowest BCUT2D eigenvalue weighted by atomic mass is 9.80. The molecule has 1 heterocycles. The molecule has 154 valence electrons. The molecule has 1 saturated heterocycles. The first kappa shape index (κ1) is 20.7. The van der Waals surface area contributed by atoms with Gasteiger partial charge in [-0.2, -0.15) is 0 Å². The van der Waals surface area contributed by atoms with Crippen LogP contribution in [0.25, 0.3) is 0 Å². The second-order valence-electron chi connectivity index (χ2n) is 8.06. The number of nitrogens with zero attached hydrogens (tertiary/aromatic N) is 1. The van der Waals surface area contributed by atoms with Crippen LogP contribution in [0.3, 0.4) is 0 Å². The van der Waals surface area contributed by atoms with E-state index < -0.39 is 0 Å². The van der Waals surface area contributed by atoms with E-state index in [-0.39, 0.29) is 17.7 Å². The number of carbonyl (C=O) groups excluding carboxylic acids is 2. The average molecular weight is 387 g/mol. The highest BCUT2D eigenvalue weighted by atomic mass is 16.5. The summed E-state index contributed by atoms with van der Waals surface area (Å²) < 4.78 is 5.60. The molecule has 0 radical (unpaired) electrons. The first-order valence-corrected chi connectivity index (χ1v) is 11.0. The monoisotopic (exact) mass is 386 g/mol. The van der Waals surface area contributed by atoms with Crippen LogP contribution in [0.15, 0.2) is 24.3 Å². The second kappa shape index (κ2) is 9.94. The average Bonchev–Trinajstić information content (AvgIpc) is 2.75. The zero-order chi connectivity index (χ0) is 19.9. The summed E-state index contributed by atoms with van der Waals surface area (Å²) in [6.45, 7) is 5.58. The van der Waals surface area contributed by atoms with Gasteiger partial charge in [0, 0.05) is 24.4 Å². The Morgan fingerprint density at radius 2 is 1.75 bits per heavy atom. The van der Waals surface area contributed by atoms with Crippen molar-refractivity contribution in [2.75, 3.05) is 18.5 Å². The van der Waals surface area contributed by atoms with E-state index in [0.717, 1.165) is 57.2 Å². The molecule has 0 spiro atoms. The zero-order valence-electron chi connectivity index (χ0n) is 17.3. The number of piperidine rings is 1. The summed E-state index contributed by atoms with van der Waals surface area (Å²) in [6.07, 6.45) is 7.74. The van der Waals surface area contributed by atoms with Crippen molar-refractivity contribution in [1.82, 2.24) is 4.90 Å². The Hall–Kier alpha value is -2.04. The predicted octanol–water partition coefficient (Wildman–Crippen LogP) is 4.62. The van der Waals surface area contributed by atoms with Crippen molar-refractivity contribution in [3.63, 3.8) is 0 Å². The Balaban J connectivity index is 1.53. The van der Waals surface area contributed by atoms with Gasteiger partial charge in [0.05, 0.1) is 12.3 Å². The van der Waals surface area contributed by atoms with Gasteiger partial charge in [-0.3, -0.25) is 9.59 Å². The third kappa shape index (κ3) is 4.86. The molecule has 1 atom stereocenters. The first-order valence-electron chi connectivity index (χ1n) is 11.0. The van der Waals surface area contributed by atoms with Gasteiger partial charge in [-0.05, 0) is 70.4 Å². The molecule has 5 nitrogen and oxygen atoms in total. The summed E-state index contributed by atoms with van der Waals surface area (Å²) >= 11 is 0. The van der Waals surface area contributed by atoms with Gasteiger partial charge >= 0.3 is 0 Å². The highest BCUT2D eigenvalue weighted by molar-refractivity contribution is 5.94. The summed E-state index contributed by atoms with van der Waals surface area (Å²) in [5, 5.41) is 3.03. The maximum Gasteiger partial charge on any atom is 0.227 e. The van der Waals surface area contributed by atoms with Crippen LogP contribution in [0.2, 0.25) is 0 Å². The number of benzene rings is 1. The van der Waals surface area contributed by atoms with E-state index in [1.165, 1.54) is 6.42 Å². The summed E-state index contributed by atoms with van der Waals surface area (Å²) in [6, 6.07) is 7.96. The predicted molar refractivity (Wildman–Crippen MR) is 111 cm³/mol. The number of anilines is 1. The fourth-order valence-corrected chi connectivity index (χ4v) is 4.64. The Labute approximate surface area is 168 Å². The highest BCUT2D eigenvalue weighted by Gasteiger charge is 2.35. The van der Waals surface area contributed by atoms with Crippen LogP contribution in [-0.4, -0.2) is 35.9 Å². The van der Waals surface area contributed by atoms with E-state index >= 15 is 0 Å². The minimum atomic E-state index is -0.0259. The van der Waals surface area contributed by atoms with Crippen molar-refractivity contribution >= 4 is 17.5 Å². The van der Waals surface area contributed by atoms with Crippen molar-refractivity contribution in [3.8, 4) is 5.75 Å². The number of ether oxygens (including phenoxy) is 1. The topological polar surface area (TPSA) is 58.6 Å². The molecule has 1 unspecified atom stereocenters. The maximum atomic E-state index is 13.0. The van der Waals surface area contributed by atoms with Crippen LogP contribution in [0.1, 0.15) is 65.2 Å². The Morgan fingerprint density at radius 3 is 2.46 bits per heavy atom. The van der Waals surface area contributed by atoms with E-state index in [0.29, 0.717) is 24.3 Å². The number of carbonyl (C=O) groups is 2. The standard InChI is InChI=1S/C23H34N2O3/c1-3-19-9-7-8-16-25(19)23(27)18-14-12-17(13-15-18)22(26)24-20-10-5-6-11-21(20)28-4-2/h5-6,10-11,17-19H,3-4,7-9,12-16H2,1-2H3,(H,24,26). The van der Waals surface area contributed by atoms with Gasteiger partial charge in [-0.15, -0.1) is 0 Å². The largest absolute Gasteiger partial charge is 0.492 e. The molecule has 2 aliphatic rings. The second-order valence-corrected chi connectivity index (χ2v) is 8.06. The summed E-state index contributed by atoms with van der Waals surface area (Å²) in [4.78, 5) is 27.9. The zero-order valence-corrected chi connectivity index (χ0v) is 17.3. The normalized spacial score (nSPS) is 25.2. The van der Waals surface area contributed by atoms with Crippen molar-refractivity contribution in [3.05, 3.63) is 24.3 Å². The number of amides is 2. The van der Waals surface area contributed by atoms with Crippen molar-refractivity contribution < 1.29 is 14.3 Å². The fourth-order valence-electron chi connectivity index (χ4n) is 4.64. The van der Waals surface area contributed by atoms with Crippen molar-refractivity contribution in [2.45, 2.75) is 71.3 Å². The smallest absolute Gasteiger partial charge is 0.227 e. The molecule has 2 fully saturated rings. The van der Waals surface area contributed by atoms with Crippen molar-refractivity contribution in [2.24, 2.45) is 11.8 Å². The Bertz CT molecular complexity index is 668. The van der Waals surface area contributed by atoms with Gasteiger partial charge in [0.15, 0.2) is 0 Å². The van der Waals surface area contributed by atoms with Crippen LogP contribution >= 0.6 is 0 Å². The molecule has 1 saturated carbocycles. The molecular formula is C23H34N2O3. The van der Waals surface area contributed by atoms with E-state index in [4.69, 9.17) is 4.74 Å². The van der Waals surface area contributed by atoms with Crippen LogP contribution < -0.4 is 10.1 Å². The Kier molecular flexibility index (Phi) is 7.35. The van der Waals surface area contributed by atoms with E-state index in [1.807, 2.05) is 31.2 Å². The lowest BCUT2D eigenvalue weighted by molar-refractivity contribution is -0.141. The quantitative estimate of drug-likeness (QED) is 0.776.